The van der Waals surface area contributed by atoms with Gasteiger partial charge in [0.25, 0.3) is 11.8 Å². The van der Waals surface area contributed by atoms with Gasteiger partial charge in [-0.15, -0.1) is 11.3 Å². The summed E-state index contributed by atoms with van der Waals surface area (Å²) in [6, 6.07) is 18.4. The van der Waals surface area contributed by atoms with Crippen LogP contribution < -0.4 is 31.7 Å². The van der Waals surface area contributed by atoms with E-state index in [9.17, 15) is 56.2 Å². The Bertz CT molecular complexity index is 3420. The summed E-state index contributed by atoms with van der Waals surface area (Å²) >= 11 is 1.50. The molecule has 1 aliphatic carbocycles. The highest BCUT2D eigenvalue weighted by Gasteiger charge is 2.53. The number of thiazole rings is 1. The van der Waals surface area contributed by atoms with Crippen LogP contribution in [0.25, 0.3) is 21.6 Å². The Morgan fingerprint density at radius 2 is 1.50 bits per heavy atom. The van der Waals surface area contributed by atoms with Gasteiger partial charge < -0.3 is 51.0 Å². The second-order valence-corrected chi connectivity index (χ2v) is 26.3. The summed E-state index contributed by atoms with van der Waals surface area (Å²) in [5, 5.41) is 22.1. The van der Waals surface area contributed by atoms with Gasteiger partial charge in [0.05, 0.1) is 57.1 Å². The lowest BCUT2D eigenvalue weighted by Crippen LogP contribution is -2.59. The number of amides is 6. The normalized spacial score (nSPS) is 18.6. The summed E-state index contributed by atoms with van der Waals surface area (Å²) in [7, 11) is 2.01. The van der Waals surface area contributed by atoms with Crippen LogP contribution in [0.5, 0.6) is 0 Å². The third-order valence-electron chi connectivity index (χ3n) is 17.5. The van der Waals surface area contributed by atoms with E-state index in [1.165, 1.54) is 16.2 Å². The lowest BCUT2D eigenvalue weighted by atomic mass is 9.85. The molecule has 4 atom stereocenters. The molecule has 1 saturated carbocycles. The number of carbonyl (C=O) groups excluding carboxylic acids is 6. The van der Waals surface area contributed by atoms with E-state index in [4.69, 9.17) is 0 Å². The van der Waals surface area contributed by atoms with E-state index in [0.29, 0.717) is 81.8 Å². The van der Waals surface area contributed by atoms with Crippen LogP contribution >= 0.6 is 11.3 Å². The molecule has 3 aliphatic heterocycles. The highest BCUT2D eigenvalue weighted by atomic mass is 32.1. The Kier molecular flexibility index (Phi) is 21.7. The van der Waals surface area contributed by atoms with E-state index in [1.54, 1.807) is 32.3 Å². The molecule has 6 amide bonds. The van der Waals surface area contributed by atoms with Gasteiger partial charge in [0.1, 0.15) is 12.1 Å². The number of halogens is 4. The summed E-state index contributed by atoms with van der Waals surface area (Å²) < 4.78 is 56.8. The van der Waals surface area contributed by atoms with Crippen molar-refractivity contribution in [3.05, 3.63) is 123 Å². The second-order valence-electron chi connectivity index (χ2n) is 25.5. The zero-order chi connectivity index (χ0) is 64.5. The number of aliphatic hydroxyl groups is 1. The number of aryl methyl sites for hydroxylation is 1. The van der Waals surface area contributed by atoms with Crippen molar-refractivity contribution in [2.75, 3.05) is 82.7 Å². The Morgan fingerprint density at radius 1 is 0.822 bits per heavy atom. The lowest BCUT2D eigenvalue weighted by Gasteiger charge is -2.36. The molecule has 90 heavy (non-hydrogen) atoms. The largest absolute Gasteiger partial charge is 0.417 e. The molecule has 4 fully saturated rings. The number of aromatic amines is 1. The number of anilines is 2. The number of unbranched alkanes of at least 4 members (excludes halogenated alkanes) is 5. The van der Waals surface area contributed by atoms with E-state index < -0.39 is 81.8 Å². The predicted molar refractivity (Wildman–Crippen MR) is 337 cm³/mol. The van der Waals surface area contributed by atoms with Crippen molar-refractivity contribution >= 4 is 58.2 Å². The lowest BCUT2D eigenvalue weighted by molar-refractivity contribution is -0.145. The van der Waals surface area contributed by atoms with Crippen LogP contribution in [0.1, 0.15) is 130 Å². The first-order valence-electron chi connectivity index (χ1n) is 31.2. The number of benzene rings is 3. The van der Waals surface area contributed by atoms with Crippen LogP contribution in [0, 0.1) is 12.3 Å². The van der Waals surface area contributed by atoms with E-state index in [0.717, 1.165) is 90.6 Å². The molecule has 24 heteroatoms. The number of β-amino-alcohol motifs (C(OH)–C–C–N with tert-alkyl or cyclic N) is 1. The van der Waals surface area contributed by atoms with Gasteiger partial charge in [0, 0.05) is 97.1 Å². The molecule has 19 nitrogen and oxygen atoms in total. The van der Waals surface area contributed by atoms with Crippen molar-refractivity contribution in [1.82, 2.24) is 45.5 Å². The third-order valence-corrected chi connectivity index (χ3v) is 18.4. The number of hydrogen-bond acceptors (Lipinski definition) is 13. The fourth-order valence-corrected chi connectivity index (χ4v) is 12.7. The maximum absolute atomic E-state index is 14.8. The van der Waals surface area contributed by atoms with Gasteiger partial charge in [-0.25, -0.2) is 9.37 Å². The number of carbonyl (C=O) groups is 6. The van der Waals surface area contributed by atoms with Crippen LogP contribution in [-0.2, 0) is 36.7 Å². The highest BCUT2D eigenvalue weighted by Crippen LogP contribution is 2.41. The number of rotatable bonds is 24. The van der Waals surface area contributed by atoms with Crippen LogP contribution in [0.15, 0.2) is 89.3 Å². The molecule has 0 bridgehead atoms. The molecule has 5 aromatic rings. The molecule has 5 heterocycles. The number of likely N-dealkylation sites (N-methyl/N-ethyl adjacent to an activating group) is 1. The van der Waals surface area contributed by atoms with Crippen LogP contribution in [0.4, 0.5) is 28.9 Å². The van der Waals surface area contributed by atoms with Crippen LogP contribution in [0.2, 0.25) is 0 Å². The van der Waals surface area contributed by atoms with Gasteiger partial charge in [0.2, 0.25) is 29.2 Å². The Balaban J connectivity index is 0.709. The number of nitrogens with one attached hydrogen (secondary N) is 5. The Morgan fingerprint density at radius 3 is 2.17 bits per heavy atom. The molecule has 0 radical (unpaired) electrons. The minimum Gasteiger partial charge on any atom is -0.391 e. The van der Waals surface area contributed by atoms with E-state index in [-0.39, 0.29) is 44.0 Å². The van der Waals surface area contributed by atoms with Gasteiger partial charge >= 0.3 is 6.18 Å². The molecule has 0 spiro atoms. The average Bonchev–Trinajstić information content (AvgIpc) is 1.19. The van der Waals surface area contributed by atoms with Gasteiger partial charge in [-0.2, -0.15) is 13.2 Å². The number of pyridine rings is 1. The molecule has 6 N–H and O–H groups in total. The van der Waals surface area contributed by atoms with Crippen molar-refractivity contribution in [3.63, 3.8) is 0 Å². The fourth-order valence-electron chi connectivity index (χ4n) is 11.9. The first-order chi connectivity index (χ1) is 42.8. The fraction of sp³-hybridized carbons (Fsp3) is 0.515. The zero-order valence-corrected chi connectivity index (χ0v) is 52.7. The summed E-state index contributed by atoms with van der Waals surface area (Å²) in [5.74, 6) is -3.19. The number of likely N-dealkylation sites (tertiary alicyclic amines) is 1. The monoisotopic (exact) mass is 1270 g/mol. The quantitative estimate of drug-likeness (QED) is 0.0253. The van der Waals surface area contributed by atoms with Crippen molar-refractivity contribution in [3.8, 4) is 21.6 Å². The minimum atomic E-state index is -4.92. The smallest absolute Gasteiger partial charge is 0.391 e. The summed E-state index contributed by atoms with van der Waals surface area (Å²) in [5.41, 5.74) is 2.07. The number of hydrogen-bond donors (Lipinski definition) is 6. The molecule has 9 rings (SSSR count). The van der Waals surface area contributed by atoms with E-state index >= 15 is 0 Å². The summed E-state index contributed by atoms with van der Waals surface area (Å²) in [4.78, 5) is 111. The van der Waals surface area contributed by atoms with Crippen molar-refractivity contribution < 1.29 is 51.4 Å². The summed E-state index contributed by atoms with van der Waals surface area (Å²) in [6.07, 6.45) is 0.401. The maximum Gasteiger partial charge on any atom is 0.417 e. The number of alkyl halides is 4. The molecule has 3 aromatic carbocycles. The van der Waals surface area contributed by atoms with E-state index in [2.05, 4.69) is 52.0 Å². The molecular formula is C66H83F4N11O8S. The molecule has 2 aromatic heterocycles. The molecule has 3 saturated heterocycles. The van der Waals surface area contributed by atoms with Gasteiger partial charge in [-0.05, 0) is 91.1 Å². The topological polar surface area (TPSA) is 233 Å². The van der Waals surface area contributed by atoms with Crippen molar-refractivity contribution in [1.29, 1.82) is 0 Å². The van der Waals surface area contributed by atoms with Crippen molar-refractivity contribution in [2.45, 2.75) is 141 Å². The first-order valence-corrected chi connectivity index (χ1v) is 32.1. The molecule has 4 aliphatic rings. The number of aliphatic hydroxyl groups excluding tert-OH is 1. The van der Waals surface area contributed by atoms with Crippen LogP contribution in [0.3, 0.4) is 0 Å². The average molecular weight is 1270 g/mol. The van der Waals surface area contributed by atoms with Gasteiger partial charge in [0.15, 0.2) is 5.67 Å². The van der Waals surface area contributed by atoms with Crippen LogP contribution in [-0.4, -0.2) is 166 Å². The number of piperazine rings is 2. The molecular weight excluding hydrogens is 1180 g/mol. The predicted octanol–water partition coefficient (Wildman–Crippen LogP) is 8.23. The second kappa shape index (κ2) is 29.2. The van der Waals surface area contributed by atoms with Crippen molar-refractivity contribution in [2.24, 2.45) is 5.41 Å². The zero-order valence-electron chi connectivity index (χ0n) is 51.9. The summed E-state index contributed by atoms with van der Waals surface area (Å²) in [6.45, 7) is 13.5. The Labute approximate surface area is 526 Å². The first kappa shape index (κ1) is 66.9. The Hall–Kier alpha value is -7.54. The standard InChI is InChI=1S/C66H83F4N11O8S/c1-42-58(90-41-73-42)45-18-16-44(17-19-45)51(74-61(87)54-35-48(82)40-81(54)62(88)59(64(2,3)4)76-63(89)65(67)22-23-65)37-56(84)71-24-11-9-7-6-8-10-15-57(85)80-31-27-78(28-32-80)39-43-13-12-14-46(33-43)47-20-21-53(79-29-25-77(5)26-30-79)52(34-47)75-60(86)49-38-72-55(83)36-50(49)66(68,69)70/h12-14,16-21,33-34,36,38,41,48,51,54,59,82H,6-11,15,22-32,35,37,39-40H2,1-5H3,(H,71,84)(H,72,83)(H,74,87)(H,75,86)(H,76,89)/t48-,51?,54+,59?/m1/s1. The van der Waals surface area contributed by atoms with Gasteiger partial charge in [-0.3, -0.25) is 38.5 Å². The number of aromatic nitrogens is 2. The highest BCUT2D eigenvalue weighted by molar-refractivity contribution is 7.13. The molecule has 484 valence electrons. The van der Waals surface area contributed by atoms with E-state index in [1.807, 2.05) is 73.5 Å². The number of H-pyrrole nitrogens is 1. The maximum atomic E-state index is 14.8. The minimum absolute atomic E-state index is 0.0608. The SMILES string of the molecule is Cc1ncsc1-c1ccc(C(CC(=O)NCCCCCCCCC(=O)N2CCN(Cc3cccc(-c4ccc(N5CCN(C)CC5)c(NC(=O)c5c[nH]c(=O)cc5C(F)(F)F)c4)c3)CC2)NC(=O)[C@@H]2C[C@@H](O)CN2C(=O)C(NC(=O)C2(F)CC2)C(C)(C)C)cc1. The third kappa shape index (κ3) is 17.3. The van der Waals surface area contributed by atoms with Gasteiger partial charge in [-0.1, -0.05) is 95.0 Å². The molecule has 2 unspecified atom stereocenters. The number of nitrogens with zero attached hydrogens (tertiary/aromatic N) is 6.